The van der Waals surface area contributed by atoms with E-state index in [9.17, 15) is 18.0 Å². The summed E-state index contributed by atoms with van der Waals surface area (Å²) in [6.45, 7) is 2.50. The first kappa shape index (κ1) is 22.3. The predicted octanol–water partition coefficient (Wildman–Crippen LogP) is 3.41. The Morgan fingerprint density at radius 1 is 0.968 bits per heavy atom. The van der Waals surface area contributed by atoms with Gasteiger partial charge >= 0.3 is 0 Å². The van der Waals surface area contributed by atoms with Crippen LogP contribution in [0.15, 0.2) is 70.3 Å². The van der Waals surface area contributed by atoms with Crippen molar-refractivity contribution in [2.24, 2.45) is 0 Å². The van der Waals surface area contributed by atoms with Crippen LogP contribution < -0.4 is 20.3 Å². The molecule has 0 spiro atoms. The van der Waals surface area contributed by atoms with Crippen molar-refractivity contribution in [3.63, 3.8) is 0 Å². The number of ether oxygens (including phenoxy) is 1. The average Bonchev–Trinajstić information content (AvgIpc) is 3.32. The van der Waals surface area contributed by atoms with Gasteiger partial charge in [0.25, 0.3) is 21.8 Å². The van der Waals surface area contributed by atoms with Crippen molar-refractivity contribution in [1.82, 2.24) is 10.9 Å². The third-order valence-electron chi connectivity index (χ3n) is 4.03. The Bertz CT molecular complexity index is 1160. The fourth-order valence-electron chi connectivity index (χ4n) is 2.58. The highest BCUT2D eigenvalue weighted by molar-refractivity contribution is 7.94. The number of hydrazine groups is 1. The Kier molecular flexibility index (Phi) is 7.27. The molecule has 0 saturated carbocycles. The normalized spacial score (nSPS) is 10.9. The zero-order chi connectivity index (χ0) is 22.3. The lowest BCUT2D eigenvalue weighted by Crippen LogP contribution is -2.41. The molecular formula is C21H21N3O5S2. The van der Waals surface area contributed by atoms with Gasteiger partial charge in [-0.25, -0.2) is 8.42 Å². The molecule has 1 heterocycles. The highest BCUT2D eigenvalue weighted by atomic mass is 32.2. The molecule has 0 unspecified atom stereocenters. The quantitative estimate of drug-likeness (QED) is 0.447. The zero-order valence-electron chi connectivity index (χ0n) is 16.6. The second-order valence-corrected chi connectivity index (χ2v) is 9.22. The molecule has 2 amide bonds. The van der Waals surface area contributed by atoms with Gasteiger partial charge in [-0.15, -0.1) is 11.3 Å². The van der Waals surface area contributed by atoms with E-state index in [0.717, 1.165) is 17.8 Å². The fourth-order valence-corrected chi connectivity index (χ4v) is 4.65. The number of carbonyl (C=O) groups excluding carboxylic acids is 2. The number of thiophene rings is 1. The predicted molar refractivity (Wildman–Crippen MR) is 119 cm³/mol. The summed E-state index contributed by atoms with van der Waals surface area (Å²) in [6, 6.07) is 15.8. The highest BCUT2D eigenvalue weighted by Gasteiger charge is 2.19. The fraction of sp³-hybridized carbons (Fsp3) is 0.143. The summed E-state index contributed by atoms with van der Waals surface area (Å²) in [5.74, 6) is -0.655. The molecule has 0 aliphatic carbocycles. The van der Waals surface area contributed by atoms with E-state index in [0.29, 0.717) is 17.9 Å². The molecule has 0 bridgehead atoms. The lowest BCUT2D eigenvalue weighted by molar-refractivity contribution is 0.0847. The van der Waals surface area contributed by atoms with E-state index in [-0.39, 0.29) is 15.5 Å². The summed E-state index contributed by atoms with van der Waals surface area (Å²) in [5.41, 5.74) is 5.10. The van der Waals surface area contributed by atoms with Gasteiger partial charge in [-0.05, 0) is 48.2 Å². The first-order valence-electron chi connectivity index (χ1n) is 9.39. The van der Waals surface area contributed by atoms with Crippen LogP contribution in [-0.2, 0) is 10.0 Å². The Morgan fingerprint density at radius 2 is 1.74 bits per heavy atom. The van der Waals surface area contributed by atoms with Crippen LogP contribution in [-0.4, -0.2) is 26.8 Å². The van der Waals surface area contributed by atoms with Gasteiger partial charge in [0, 0.05) is 5.56 Å². The second kappa shape index (κ2) is 10.1. The van der Waals surface area contributed by atoms with Gasteiger partial charge in [-0.3, -0.25) is 25.2 Å². The number of sulfonamides is 1. The Labute approximate surface area is 184 Å². The number of benzene rings is 2. The van der Waals surface area contributed by atoms with E-state index in [1.807, 2.05) is 6.92 Å². The minimum atomic E-state index is -3.83. The van der Waals surface area contributed by atoms with E-state index in [4.69, 9.17) is 4.74 Å². The molecule has 3 aromatic rings. The van der Waals surface area contributed by atoms with Crippen LogP contribution >= 0.6 is 11.3 Å². The average molecular weight is 460 g/mol. The summed E-state index contributed by atoms with van der Waals surface area (Å²) < 4.78 is 33.0. The van der Waals surface area contributed by atoms with Crippen molar-refractivity contribution in [3.05, 3.63) is 77.2 Å². The molecule has 0 radical (unpaired) electrons. The van der Waals surface area contributed by atoms with Crippen molar-refractivity contribution in [2.75, 3.05) is 11.3 Å². The molecule has 3 N–H and O–H groups in total. The van der Waals surface area contributed by atoms with Gasteiger partial charge < -0.3 is 4.74 Å². The molecule has 0 aliphatic rings. The molecule has 8 nitrogen and oxygen atoms in total. The SMILES string of the molecule is CCCOc1cccc(C(=O)NNC(=O)c2ccccc2NS(=O)(=O)c2cccs2)c1. The van der Waals surface area contributed by atoms with E-state index in [2.05, 4.69) is 15.6 Å². The monoisotopic (exact) mass is 459 g/mol. The summed E-state index contributed by atoms with van der Waals surface area (Å²) >= 11 is 1.06. The molecule has 0 atom stereocenters. The Morgan fingerprint density at radius 3 is 2.48 bits per heavy atom. The summed E-state index contributed by atoms with van der Waals surface area (Å²) in [5, 5.41) is 1.64. The van der Waals surface area contributed by atoms with Gasteiger partial charge in [0.1, 0.15) is 9.96 Å². The van der Waals surface area contributed by atoms with E-state index in [1.54, 1.807) is 47.8 Å². The van der Waals surface area contributed by atoms with Crippen LogP contribution in [0.1, 0.15) is 34.1 Å². The van der Waals surface area contributed by atoms with Gasteiger partial charge in [0.15, 0.2) is 0 Å². The number of hydrogen-bond acceptors (Lipinski definition) is 6. The largest absolute Gasteiger partial charge is 0.494 e. The lowest BCUT2D eigenvalue weighted by Gasteiger charge is -2.13. The molecule has 162 valence electrons. The molecule has 0 saturated heterocycles. The highest BCUT2D eigenvalue weighted by Crippen LogP contribution is 2.22. The maximum Gasteiger partial charge on any atom is 0.271 e. The maximum absolute atomic E-state index is 12.6. The standard InChI is InChI=1S/C21H21N3O5S2/c1-2-12-29-16-8-5-7-15(14-16)20(25)22-23-21(26)17-9-3-4-10-18(17)24-31(27,28)19-11-6-13-30-19/h3-11,13-14,24H,2,12H2,1H3,(H,22,25)(H,23,26). The number of para-hydroxylation sites is 1. The topological polar surface area (TPSA) is 114 Å². The van der Waals surface area contributed by atoms with Crippen LogP contribution in [0.2, 0.25) is 0 Å². The zero-order valence-corrected chi connectivity index (χ0v) is 18.3. The molecule has 0 fully saturated rings. The number of hydrogen-bond donors (Lipinski definition) is 3. The van der Waals surface area contributed by atoms with Gasteiger partial charge in [0.05, 0.1) is 17.9 Å². The molecule has 0 aliphatic heterocycles. The molecule has 3 rings (SSSR count). The van der Waals surface area contributed by atoms with Crippen molar-refractivity contribution in [3.8, 4) is 5.75 Å². The third kappa shape index (κ3) is 5.83. The number of anilines is 1. The maximum atomic E-state index is 12.6. The van der Waals surface area contributed by atoms with E-state index < -0.39 is 21.8 Å². The first-order valence-corrected chi connectivity index (χ1v) is 11.8. The van der Waals surface area contributed by atoms with Gasteiger partial charge in [-0.1, -0.05) is 31.2 Å². The number of nitrogens with one attached hydrogen (secondary N) is 3. The Hall–Kier alpha value is -3.37. The number of amides is 2. The minimum Gasteiger partial charge on any atom is -0.494 e. The Balaban J connectivity index is 1.68. The molecule has 10 heteroatoms. The summed E-state index contributed by atoms with van der Waals surface area (Å²) in [6.07, 6.45) is 0.835. The number of rotatable bonds is 8. The van der Waals surface area contributed by atoms with E-state index in [1.165, 1.54) is 18.2 Å². The van der Waals surface area contributed by atoms with Crippen molar-refractivity contribution in [2.45, 2.75) is 17.6 Å². The molecular weight excluding hydrogens is 438 g/mol. The van der Waals surface area contributed by atoms with Crippen LogP contribution in [0.25, 0.3) is 0 Å². The van der Waals surface area contributed by atoms with Gasteiger partial charge in [0.2, 0.25) is 0 Å². The molecule has 2 aromatic carbocycles. The number of carbonyl (C=O) groups is 2. The van der Waals surface area contributed by atoms with E-state index >= 15 is 0 Å². The second-order valence-electron chi connectivity index (χ2n) is 6.37. The third-order valence-corrected chi connectivity index (χ3v) is 6.80. The van der Waals surface area contributed by atoms with Crippen LogP contribution in [0.4, 0.5) is 5.69 Å². The van der Waals surface area contributed by atoms with Crippen molar-refractivity contribution >= 4 is 38.9 Å². The smallest absolute Gasteiger partial charge is 0.271 e. The lowest BCUT2D eigenvalue weighted by atomic mass is 10.2. The summed E-state index contributed by atoms with van der Waals surface area (Å²) in [7, 11) is -3.83. The molecule has 1 aromatic heterocycles. The van der Waals surface area contributed by atoms with Crippen LogP contribution in [0, 0.1) is 0 Å². The first-order chi connectivity index (χ1) is 14.9. The van der Waals surface area contributed by atoms with Gasteiger partial charge in [-0.2, -0.15) is 0 Å². The van der Waals surface area contributed by atoms with Crippen LogP contribution in [0.5, 0.6) is 5.75 Å². The minimum absolute atomic E-state index is 0.0583. The van der Waals surface area contributed by atoms with Crippen molar-refractivity contribution < 1.29 is 22.7 Å². The summed E-state index contributed by atoms with van der Waals surface area (Å²) in [4.78, 5) is 25.0. The van der Waals surface area contributed by atoms with Crippen molar-refractivity contribution in [1.29, 1.82) is 0 Å². The molecule has 31 heavy (non-hydrogen) atoms. The van der Waals surface area contributed by atoms with Crippen LogP contribution in [0.3, 0.4) is 0 Å².